The van der Waals surface area contributed by atoms with E-state index in [0.717, 1.165) is 0 Å². The van der Waals surface area contributed by atoms with Gasteiger partial charge in [-0.3, -0.25) is 14.6 Å². The molecule has 9 heteroatoms. The highest BCUT2D eigenvalue weighted by Gasteiger charge is 2.34. The highest BCUT2D eigenvalue weighted by molar-refractivity contribution is 6.31. The Morgan fingerprint density at radius 3 is 2.28 bits per heavy atom. The lowest BCUT2D eigenvalue weighted by molar-refractivity contribution is -0.148. The maximum atomic E-state index is 12.9. The van der Waals surface area contributed by atoms with Crippen molar-refractivity contribution in [2.24, 2.45) is 0 Å². The van der Waals surface area contributed by atoms with Crippen molar-refractivity contribution in [2.45, 2.75) is 19.0 Å². The standard InChI is InChI=1S/C23H27Cl2N3O4/c1-15(22(29)26-19-14-16(24)8-9-20(19)31-2)27-10-12-28(13-11-27)21(23(30)32-3)17-6-4-5-7-18(17)25/h4-9,14-15,21H,10-13H2,1-3H3,(H,26,29). The molecule has 1 fully saturated rings. The molecule has 3 rings (SSSR count). The molecule has 1 amide bonds. The third-order valence-electron chi connectivity index (χ3n) is 5.68. The van der Waals surface area contributed by atoms with Crippen molar-refractivity contribution < 1.29 is 19.1 Å². The summed E-state index contributed by atoms with van der Waals surface area (Å²) >= 11 is 12.4. The number of hydrogen-bond acceptors (Lipinski definition) is 6. The Morgan fingerprint density at radius 2 is 1.66 bits per heavy atom. The number of anilines is 1. The molecule has 1 N–H and O–H groups in total. The zero-order chi connectivity index (χ0) is 23.3. The molecule has 1 aliphatic rings. The molecule has 0 radical (unpaired) electrons. The molecule has 172 valence electrons. The van der Waals surface area contributed by atoms with Crippen molar-refractivity contribution in [1.82, 2.24) is 9.80 Å². The first kappa shape index (κ1) is 24.3. The van der Waals surface area contributed by atoms with E-state index in [1.54, 1.807) is 24.3 Å². The van der Waals surface area contributed by atoms with Crippen LogP contribution < -0.4 is 10.1 Å². The highest BCUT2D eigenvalue weighted by atomic mass is 35.5. The smallest absolute Gasteiger partial charge is 0.327 e. The summed E-state index contributed by atoms with van der Waals surface area (Å²) in [5.41, 5.74) is 1.24. The van der Waals surface area contributed by atoms with E-state index in [0.29, 0.717) is 53.2 Å². The second-order valence-corrected chi connectivity index (χ2v) is 8.37. The molecular weight excluding hydrogens is 453 g/mol. The van der Waals surface area contributed by atoms with Crippen molar-refractivity contribution in [2.75, 3.05) is 45.7 Å². The first-order valence-corrected chi connectivity index (χ1v) is 11.1. The molecule has 32 heavy (non-hydrogen) atoms. The number of nitrogens with zero attached hydrogens (tertiary/aromatic N) is 2. The van der Waals surface area contributed by atoms with E-state index in [1.165, 1.54) is 14.2 Å². The van der Waals surface area contributed by atoms with E-state index in [-0.39, 0.29) is 17.9 Å². The molecule has 2 unspecified atom stereocenters. The number of esters is 1. The zero-order valence-corrected chi connectivity index (χ0v) is 19.8. The molecule has 7 nitrogen and oxygen atoms in total. The summed E-state index contributed by atoms with van der Waals surface area (Å²) in [7, 11) is 2.91. The van der Waals surface area contributed by atoms with Gasteiger partial charge in [-0.2, -0.15) is 0 Å². The largest absolute Gasteiger partial charge is 0.495 e. The predicted octanol–water partition coefficient (Wildman–Crippen LogP) is 3.86. The SMILES string of the molecule is COC(=O)C(c1ccccc1Cl)N1CCN(C(C)C(=O)Nc2cc(Cl)ccc2OC)CC1. The van der Waals surface area contributed by atoms with Gasteiger partial charge >= 0.3 is 5.97 Å². The minimum Gasteiger partial charge on any atom is -0.495 e. The van der Waals surface area contributed by atoms with Crippen molar-refractivity contribution >= 4 is 40.8 Å². The van der Waals surface area contributed by atoms with E-state index < -0.39 is 6.04 Å². The summed E-state index contributed by atoms with van der Waals surface area (Å²) in [5, 5.41) is 3.93. The highest BCUT2D eigenvalue weighted by Crippen LogP contribution is 2.30. The third kappa shape index (κ3) is 5.53. The van der Waals surface area contributed by atoms with Crippen LogP contribution in [0.2, 0.25) is 10.0 Å². The molecule has 0 spiro atoms. The fraction of sp³-hybridized carbons (Fsp3) is 0.391. The van der Waals surface area contributed by atoms with Gasteiger partial charge in [0.25, 0.3) is 0 Å². The third-order valence-corrected chi connectivity index (χ3v) is 6.26. The summed E-state index contributed by atoms with van der Waals surface area (Å²) in [4.78, 5) is 29.5. The second kappa shape index (κ2) is 11.0. The fourth-order valence-electron chi connectivity index (χ4n) is 3.84. The van der Waals surface area contributed by atoms with Crippen molar-refractivity contribution in [3.8, 4) is 5.75 Å². The van der Waals surface area contributed by atoms with E-state index in [2.05, 4.69) is 10.2 Å². The van der Waals surface area contributed by atoms with Gasteiger partial charge in [-0.1, -0.05) is 41.4 Å². The number of rotatable bonds is 7. The van der Waals surface area contributed by atoms with Crippen LogP contribution in [0.1, 0.15) is 18.5 Å². The molecular formula is C23H27Cl2N3O4. The summed E-state index contributed by atoms with van der Waals surface area (Å²) in [5.74, 6) is 0.0282. The molecule has 1 heterocycles. The minimum atomic E-state index is -0.587. The van der Waals surface area contributed by atoms with E-state index >= 15 is 0 Å². The molecule has 0 saturated carbocycles. The Hall–Kier alpha value is -2.32. The van der Waals surface area contributed by atoms with Crippen LogP contribution in [-0.4, -0.2) is 68.1 Å². The number of amides is 1. The molecule has 1 saturated heterocycles. The van der Waals surface area contributed by atoms with Gasteiger partial charge in [-0.05, 0) is 36.8 Å². The summed E-state index contributed by atoms with van der Waals surface area (Å²) < 4.78 is 10.3. The Kier molecular flexibility index (Phi) is 8.37. The Labute approximate surface area is 198 Å². The summed E-state index contributed by atoms with van der Waals surface area (Å²) in [6, 6.07) is 11.4. The van der Waals surface area contributed by atoms with Gasteiger partial charge in [0, 0.05) is 36.2 Å². The number of piperazine rings is 1. The predicted molar refractivity (Wildman–Crippen MR) is 125 cm³/mol. The van der Waals surface area contributed by atoms with Gasteiger partial charge < -0.3 is 14.8 Å². The molecule has 1 aliphatic heterocycles. The number of carbonyl (C=O) groups is 2. The number of ether oxygens (including phenoxy) is 2. The number of halogens is 2. The van der Waals surface area contributed by atoms with Gasteiger partial charge in [-0.15, -0.1) is 0 Å². The van der Waals surface area contributed by atoms with Crippen LogP contribution in [-0.2, 0) is 14.3 Å². The van der Waals surface area contributed by atoms with Crippen molar-refractivity contribution in [1.29, 1.82) is 0 Å². The first-order chi connectivity index (χ1) is 15.3. The lowest BCUT2D eigenvalue weighted by Crippen LogP contribution is -2.54. The molecule has 0 aromatic heterocycles. The van der Waals surface area contributed by atoms with Crippen LogP contribution >= 0.6 is 23.2 Å². The summed E-state index contributed by atoms with van der Waals surface area (Å²) in [6.07, 6.45) is 0. The van der Waals surface area contributed by atoms with Crippen LogP contribution in [0.4, 0.5) is 5.69 Å². The normalized spacial score (nSPS) is 16.8. The number of methoxy groups -OCH3 is 2. The Morgan fingerprint density at radius 1 is 1.00 bits per heavy atom. The first-order valence-electron chi connectivity index (χ1n) is 10.3. The van der Waals surface area contributed by atoms with E-state index in [1.807, 2.05) is 30.0 Å². The Balaban J connectivity index is 1.66. The molecule has 0 aliphatic carbocycles. The maximum Gasteiger partial charge on any atom is 0.327 e. The maximum absolute atomic E-state index is 12.9. The topological polar surface area (TPSA) is 71.1 Å². The number of carbonyl (C=O) groups excluding carboxylic acids is 2. The van der Waals surface area contributed by atoms with Crippen LogP contribution in [0.3, 0.4) is 0 Å². The average Bonchev–Trinajstić information content (AvgIpc) is 2.80. The molecule has 2 aromatic rings. The number of nitrogens with one attached hydrogen (secondary N) is 1. The van der Waals surface area contributed by atoms with Gasteiger partial charge in [-0.25, -0.2) is 4.79 Å². The van der Waals surface area contributed by atoms with Gasteiger partial charge in [0.15, 0.2) is 0 Å². The number of hydrogen-bond donors (Lipinski definition) is 1. The van der Waals surface area contributed by atoms with E-state index in [4.69, 9.17) is 32.7 Å². The van der Waals surface area contributed by atoms with Crippen LogP contribution in [0, 0.1) is 0 Å². The fourth-order valence-corrected chi connectivity index (χ4v) is 4.26. The average molecular weight is 480 g/mol. The quantitative estimate of drug-likeness (QED) is 0.607. The van der Waals surface area contributed by atoms with Crippen LogP contribution in [0.5, 0.6) is 5.75 Å². The van der Waals surface area contributed by atoms with Crippen molar-refractivity contribution in [3.05, 3.63) is 58.1 Å². The lowest BCUT2D eigenvalue weighted by atomic mass is 10.0. The lowest BCUT2D eigenvalue weighted by Gasteiger charge is -2.40. The monoisotopic (exact) mass is 479 g/mol. The van der Waals surface area contributed by atoms with Crippen LogP contribution in [0.25, 0.3) is 0 Å². The van der Waals surface area contributed by atoms with Crippen LogP contribution in [0.15, 0.2) is 42.5 Å². The zero-order valence-electron chi connectivity index (χ0n) is 18.3. The molecule has 2 aromatic carbocycles. The van der Waals surface area contributed by atoms with Crippen molar-refractivity contribution in [3.63, 3.8) is 0 Å². The second-order valence-electron chi connectivity index (χ2n) is 7.53. The summed E-state index contributed by atoms with van der Waals surface area (Å²) in [6.45, 7) is 4.25. The van der Waals surface area contributed by atoms with Gasteiger partial charge in [0.1, 0.15) is 11.8 Å². The number of benzene rings is 2. The molecule has 0 bridgehead atoms. The van der Waals surface area contributed by atoms with Gasteiger partial charge in [0.05, 0.1) is 25.9 Å². The molecule has 2 atom stereocenters. The van der Waals surface area contributed by atoms with Gasteiger partial charge in [0.2, 0.25) is 5.91 Å². The van der Waals surface area contributed by atoms with E-state index in [9.17, 15) is 9.59 Å². The Bertz CT molecular complexity index is 964. The minimum absolute atomic E-state index is 0.158.